The Hall–Kier alpha value is -3.52. The third kappa shape index (κ3) is 4.52. The molecule has 0 radical (unpaired) electrons. The number of aromatic nitrogens is 1. The van der Waals surface area contributed by atoms with Crippen molar-refractivity contribution in [1.29, 1.82) is 5.26 Å². The van der Waals surface area contributed by atoms with Crippen LogP contribution in [0.2, 0.25) is 0 Å². The van der Waals surface area contributed by atoms with Gasteiger partial charge in [0.05, 0.1) is 0 Å². The van der Waals surface area contributed by atoms with E-state index in [9.17, 15) is 10.1 Å². The molecular weight excluding hydrogens is 408 g/mol. The van der Waals surface area contributed by atoms with E-state index in [-0.39, 0.29) is 17.0 Å². The Bertz CT molecular complexity index is 1240. The van der Waals surface area contributed by atoms with Crippen molar-refractivity contribution in [3.8, 4) is 6.07 Å². The van der Waals surface area contributed by atoms with Gasteiger partial charge in [-0.2, -0.15) is 5.26 Å². The smallest absolute Gasteiger partial charge is 0.261 e. The average molecular weight is 441 g/mol. The van der Waals surface area contributed by atoms with Crippen LogP contribution in [0.15, 0.2) is 54.2 Å². The van der Waals surface area contributed by atoms with Crippen LogP contribution in [0.1, 0.15) is 56.7 Å². The summed E-state index contributed by atoms with van der Waals surface area (Å²) in [6.07, 6.45) is 5.45. The summed E-state index contributed by atoms with van der Waals surface area (Å²) in [5, 5.41) is 13.7. The number of H-pyrrole nitrogens is 1. The number of anilines is 1. The van der Waals surface area contributed by atoms with E-state index in [1.165, 1.54) is 11.3 Å². The number of nitrogens with zero attached hydrogens (tertiary/aromatic N) is 2. The summed E-state index contributed by atoms with van der Waals surface area (Å²) in [5.74, 6) is 0.0844. The van der Waals surface area contributed by atoms with Gasteiger partial charge in [-0.3, -0.25) is 4.79 Å². The first-order chi connectivity index (χ1) is 15.8. The predicted octanol–water partition coefficient (Wildman–Crippen LogP) is 5.55. The SMILES string of the molecule is CCN1c2ccc(/C=C(/C#N)C(=O)NCCc3c[nH]c4ccccc34)cc2C(C)CC1(C)C. The van der Waals surface area contributed by atoms with Gasteiger partial charge in [-0.25, -0.2) is 0 Å². The second-order valence-electron chi connectivity index (χ2n) is 9.52. The van der Waals surface area contributed by atoms with E-state index < -0.39 is 0 Å². The molecule has 0 spiro atoms. The van der Waals surface area contributed by atoms with Gasteiger partial charge < -0.3 is 15.2 Å². The third-order valence-electron chi connectivity index (χ3n) is 6.76. The van der Waals surface area contributed by atoms with Crippen LogP contribution in [-0.4, -0.2) is 29.5 Å². The van der Waals surface area contributed by atoms with Crippen LogP contribution in [-0.2, 0) is 11.2 Å². The van der Waals surface area contributed by atoms with E-state index in [1.54, 1.807) is 6.08 Å². The lowest BCUT2D eigenvalue weighted by Crippen LogP contribution is -2.48. The van der Waals surface area contributed by atoms with Crippen LogP contribution in [0.25, 0.3) is 17.0 Å². The molecule has 2 heterocycles. The molecule has 1 atom stereocenters. The average Bonchev–Trinajstić information content (AvgIpc) is 3.20. The van der Waals surface area contributed by atoms with Crippen LogP contribution < -0.4 is 10.2 Å². The number of hydrogen-bond donors (Lipinski definition) is 2. The van der Waals surface area contributed by atoms with Gasteiger partial charge in [0.2, 0.25) is 0 Å². The fourth-order valence-corrected chi connectivity index (χ4v) is 5.26. The molecule has 2 N–H and O–H groups in total. The zero-order valence-electron chi connectivity index (χ0n) is 19.9. The number of nitriles is 1. The summed E-state index contributed by atoms with van der Waals surface area (Å²) < 4.78 is 0. The van der Waals surface area contributed by atoms with E-state index >= 15 is 0 Å². The zero-order chi connectivity index (χ0) is 23.6. The van der Waals surface area contributed by atoms with E-state index in [2.05, 4.69) is 67.2 Å². The van der Waals surface area contributed by atoms with Crippen molar-refractivity contribution >= 4 is 28.6 Å². The number of carbonyl (C=O) groups is 1. The van der Waals surface area contributed by atoms with Crippen LogP contribution in [0.3, 0.4) is 0 Å². The van der Waals surface area contributed by atoms with Gasteiger partial charge in [-0.05, 0) is 80.5 Å². The minimum absolute atomic E-state index is 0.112. The molecule has 33 heavy (non-hydrogen) atoms. The van der Waals surface area contributed by atoms with Crippen molar-refractivity contribution in [2.24, 2.45) is 0 Å². The Morgan fingerprint density at radius 3 is 2.85 bits per heavy atom. The highest BCUT2D eigenvalue weighted by Gasteiger charge is 2.35. The summed E-state index contributed by atoms with van der Waals surface area (Å²) in [5.41, 5.74) is 5.90. The predicted molar refractivity (Wildman–Crippen MR) is 135 cm³/mol. The molecule has 2 aromatic carbocycles. The van der Waals surface area contributed by atoms with E-state index in [0.717, 1.165) is 35.0 Å². The largest absolute Gasteiger partial charge is 0.366 e. The number of benzene rings is 2. The molecule has 1 aromatic heterocycles. The molecule has 4 rings (SSSR count). The molecule has 0 saturated heterocycles. The number of fused-ring (bicyclic) bond motifs is 2. The van der Waals surface area contributed by atoms with Crippen molar-refractivity contribution in [2.45, 2.75) is 52.0 Å². The Labute approximate surface area is 196 Å². The van der Waals surface area contributed by atoms with Gasteiger partial charge in [0.1, 0.15) is 11.6 Å². The molecule has 3 aromatic rings. The molecule has 1 aliphatic heterocycles. The Kier molecular flexibility index (Phi) is 6.29. The van der Waals surface area contributed by atoms with Gasteiger partial charge in [0.15, 0.2) is 0 Å². The summed E-state index contributed by atoms with van der Waals surface area (Å²) in [7, 11) is 0. The molecule has 0 fully saturated rings. The minimum atomic E-state index is -0.334. The molecule has 1 unspecified atom stereocenters. The van der Waals surface area contributed by atoms with Crippen LogP contribution in [0, 0.1) is 11.3 Å². The maximum absolute atomic E-state index is 12.7. The first-order valence-corrected chi connectivity index (χ1v) is 11.7. The summed E-state index contributed by atoms with van der Waals surface area (Å²) in [6, 6.07) is 16.5. The summed E-state index contributed by atoms with van der Waals surface area (Å²) in [4.78, 5) is 18.4. The first kappa shape index (κ1) is 22.7. The van der Waals surface area contributed by atoms with Crippen LogP contribution in [0.4, 0.5) is 5.69 Å². The summed E-state index contributed by atoms with van der Waals surface area (Å²) >= 11 is 0. The van der Waals surface area contributed by atoms with E-state index in [0.29, 0.717) is 18.9 Å². The van der Waals surface area contributed by atoms with Crippen LogP contribution >= 0.6 is 0 Å². The first-order valence-electron chi connectivity index (χ1n) is 11.7. The lowest BCUT2D eigenvalue weighted by Gasteiger charge is -2.47. The van der Waals surface area contributed by atoms with Gasteiger partial charge in [0, 0.05) is 41.4 Å². The van der Waals surface area contributed by atoms with Gasteiger partial charge in [0.25, 0.3) is 5.91 Å². The maximum Gasteiger partial charge on any atom is 0.261 e. The van der Waals surface area contributed by atoms with Gasteiger partial charge in [-0.1, -0.05) is 31.2 Å². The van der Waals surface area contributed by atoms with Gasteiger partial charge >= 0.3 is 0 Å². The minimum Gasteiger partial charge on any atom is -0.366 e. The lowest BCUT2D eigenvalue weighted by atomic mass is 9.79. The Balaban J connectivity index is 1.48. The van der Waals surface area contributed by atoms with Crippen molar-refractivity contribution in [3.63, 3.8) is 0 Å². The molecule has 5 nitrogen and oxygen atoms in total. The van der Waals surface area contributed by atoms with Gasteiger partial charge in [-0.15, -0.1) is 0 Å². The lowest BCUT2D eigenvalue weighted by molar-refractivity contribution is -0.117. The van der Waals surface area contributed by atoms with Crippen LogP contribution in [0.5, 0.6) is 0 Å². The highest BCUT2D eigenvalue weighted by molar-refractivity contribution is 6.01. The second-order valence-corrected chi connectivity index (χ2v) is 9.52. The van der Waals surface area contributed by atoms with Crippen molar-refractivity contribution < 1.29 is 4.79 Å². The number of carbonyl (C=O) groups excluding carboxylic acids is 1. The fourth-order valence-electron chi connectivity index (χ4n) is 5.26. The molecule has 1 aliphatic rings. The maximum atomic E-state index is 12.7. The van der Waals surface area contributed by atoms with Crippen molar-refractivity contribution in [1.82, 2.24) is 10.3 Å². The quantitative estimate of drug-likeness (QED) is 0.390. The van der Waals surface area contributed by atoms with Crippen molar-refractivity contribution in [2.75, 3.05) is 18.0 Å². The highest BCUT2D eigenvalue weighted by Crippen LogP contribution is 2.43. The molecule has 0 bridgehead atoms. The molecule has 0 aliphatic carbocycles. The van der Waals surface area contributed by atoms with Crippen molar-refractivity contribution in [3.05, 3.63) is 70.9 Å². The molecule has 5 heteroatoms. The third-order valence-corrected chi connectivity index (χ3v) is 6.76. The molecular formula is C28H32N4O. The normalized spacial score (nSPS) is 17.5. The van der Waals surface area contributed by atoms with E-state index in [1.807, 2.05) is 30.5 Å². The fraction of sp³-hybridized carbons (Fsp3) is 0.357. The number of aromatic amines is 1. The monoisotopic (exact) mass is 440 g/mol. The zero-order valence-corrected chi connectivity index (χ0v) is 19.9. The Morgan fingerprint density at radius 2 is 2.09 bits per heavy atom. The van der Waals surface area contributed by atoms with E-state index in [4.69, 9.17) is 0 Å². The number of amides is 1. The molecule has 0 saturated carbocycles. The Morgan fingerprint density at radius 1 is 1.30 bits per heavy atom. The molecule has 1 amide bonds. The second kappa shape index (κ2) is 9.15. The number of hydrogen-bond acceptors (Lipinski definition) is 3. The standard InChI is InChI=1S/C28H32N4O/c1-5-32-26-11-10-20(15-24(26)19(2)16-28(32,3)4)14-22(17-29)27(33)30-13-12-21-18-31-25-9-7-6-8-23(21)25/h6-11,14-15,18-19,31H,5,12-13,16H2,1-4H3,(H,30,33)/b22-14-. The summed E-state index contributed by atoms with van der Waals surface area (Å²) in [6.45, 7) is 10.4. The highest BCUT2D eigenvalue weighted by atomic mass is 16.1. The molecule has 170 valence electrons. The number of para-hydroxylation sites is 1. The number of rotatable bonds is 6. The topological polar surface area (TPSA) is 71.9 Å². The number of nitrogens with one attached hydrogen (secondary N) is 2.